The number of aromatic nitrogens is 1. The van der Waals surface area contributed by atoms with Crippen LogP contribution in [0.3, 0.4) is 0 Å². The second kappa shape index (κ2) is 12.7. The van der Waals surface area contributed by atoms with Gasteiger partial charge in [0.25, 0.3) is 0 Å². The van der Waals surface area contributed by atoms with Crippen LogP contribution >= 0.6 is 0 Å². The number of aliphatic carboxylic acids is 1. The van der Waals surface area contributed by atoms with Gasteiger partial charge < -0.3 is 15.7 Å². The van der Waals surface area contributed by atoms with Crippen LogP contribution in [0.15, 0.2) is 66.9 Å². The van der Waals surface area contributed by atoms with Crippen LogP contribution in [0.5, 0.6) is 0 Å². The number of nitrogens with one attached hydrogen (secondary N) is 2. The third kappa shape index (κ3) is 9.43. The number of halogens is 10. The molecule has 0 aliphatic heterocycles. The van der Waals surface area contributed by atoms with Crippen LogP contribution in [0.4, 0.5) is 48.7 Å². The minimum absolute atomic E-state index is 0.0481. The number of hydrogen-bond acceptors (Lipinski definition) is 3. The number of carboxylic acid groups (broad SMARTS) is 1. The van der Waals surface area contributed by atoms with Gasteiger partial charge in [-0.2, -0.15) is 39.5 Å². The van der Waals surface area contributed by atoms with Crippen LogP contribution < -0.4 is 10.6 Å². The van der Waals surface area contributed by atoms with Gasteiger partial charge in [-0.25, -0.2) is 14.0 Å². The topological polar surface area (TPSA) is 91.3 Å². The zero-order valence-corrected chi connectivity index (χ0v) is 19.6. The Morgan fingerprint density at radius 2 is 1.45 bits per heavy atom. The normalized spacial score (nSPS) is 12.6. The molecule has 0 saturated carbocycles. The molecule has 0 radical (unpaired) electrons. The number of benzene rings is 2. The Balaban J connectivity index is 0.000000708. The first-order valence-corrected chi connectivity index (χ1v) is 10.7. The Bertz CT molecular complexity index is 1310. The smallest absolute Gasteiger partial charge is 0.475 e. The van der Waals surface area contributed by atoms with Gasteiger partial charge in [0.2, 0.25) is 0 Å². The fourth-order valence-corrected chi connectivity index (χ4v) is 3.07. The molecule has 6 nitrogen and oxygen atoms in total. The fourth-order valence-electron chi connectivity index (χ4n) is 3.07. The van der Waals surface area contributed by atoms with E-state index in [4.69, 9.17) is 9.90 Å². The molecule has 3 rings (SSSR count). The Labute approximate surface area is 218 Å². The number of carbonyl (C=O) groups is 2. The number of rotatable bonds is 5. The highest BCUT2D eigenvalue weighted by Gasteiger charge is 2.38. The van der Waals surface area contributed by atoms with Gasteiger partial charge in [0.15, 0.2) is 0 Å². The molecule has 2 aromatic carbocycles. The monoisotopic (exact) mass is 585 g/mol. The van der Waals surface area contributed by atoms with Gasteiger partial charge >= 0.3 is 30.5 Å². The fraction of sp³-hybridized carbons (Fsp3) is 0.208. The number of carbonyl (C=O) groups excluding carboxylic acids is 1. The summed E-state index contributed by atoms with van der Waals surface area (Å²) in [6, 6.07) is 8.00. The zero-order valence-electron chi connectivity index (χ0n) is 19.6. The lowest BCUT2D eigenvalue weighted by atomic mass is 9.98. The molecule has 16 heteroatoms. The lowest BCUT2D eigenvalue weighted by Gasteiger charge is -2.23. The number of pyridine rings is 1. The van der Waals surface area contributed by atoms with Gasteiger partial charge in [-0.05, 0) is 47.5 Å². The van der Waals surface area contributed by atoms with E-state index >= 15 is 0 Å². The van der Waals surface area contributed by atoms with Crippen molar-refractivity contribution < 1.29 is 58.6 Å². The van der Waals surface area contributed by atoms with Crippen LogP contribution in [0, 0.1) is 5.82 Å². The third-order valence-electron chi connectivity index (χ3n) is 4.85. The molecule has 0 fully saturated rings. The summed E-state index contributed by atoms with van der Waals surface area (Å²) in [5.41, 5.74) is -2.40. The Hall–Kier alpha value is -4.37. The summed E-state index contributed by atoms with van der Waals surface area (Å²) in [6.07, 6.45) is -13.5. The first-order valence-electron chi connectivity index (χ1n) is 10.7. The maximum absolute atomic E-state index is 13.5. The van der Waals surface area contributed by atoms with Gasteiger partial charge in [-0.15, -0.1) is 0 Å². The van der Waals surface area contributed by atoms with E-state index in [1.54, 1.807) is 0 Å². The second-order valence-corrected chi connectivity index (χ2v) is 7.75. The highest BCUT2D eigenvalue weighted by atomic mass is 19.4. The first-order chi connectivity index (χ1) is 18.4. The van der Waals surface area contributed by atoms with E-state index in [2.05, 4.69) is 15.6 Å². The van der Waals surface area contributed by atoms with E-state index in [-0.39, 0.29) is 12.1 Å². The SMILES string of the molecule is O=C(NCc1cccc(F)c1)N[C@@H](c1ccc(C(F)(F)F)cc1)c1ncccc1C(F)(F)F.O=C(O)C(F)(F)F. The van der Waals surface area contributed by atoms with Gasteiger partial charge in [0, 0.05) is 12.7 Å². The van der Waals surface area contributed by atoms with Gasteiger partial charge in [-0.3, -0.25) is 4.98 Å². The minimum atomic E-state index is -5.08. The minimum Gasteiger partial charge on any atom is -0.475 e. The quantitative estimate of drug-likeness (QED) is 0.299. The molecule has 40 heavy (non-hydrogen) atoms. The lowest BCUT2D eigenvalue weighted by Crippen LogP contribution is -2.39. The van der Waals surface area contributed by atoms with E-state index in [0.717, 1.165) is 36.5 Å². The number of alkyl halides is 9. The summed E-state index contributed by atoms with van der Waals surface area (Å²) in [7, 11) is 0. The van der Waals surface area contributed by atoms with Crippen molar-refractivity contribution in [1.29, 1.82) is 0 Å². The zero-order chi connectivity index (χ0) is 30.3. The molecule has 0 aliphatic carbocycles. The van der Waals surface area contributed by atoms with Crippen molar-refractivity contribution in [2.75, 3.05) is 0 Å². The molecule has 0 bridgehead atoms. The molecule has 0 saturated heterocycles. The number of carboxylic acids is 1. The van der Waals surface area contributed by atoms with Crippen LogP contribution in [-0.4, -0.2) is 28.3 Å². The van der Waals surface area contributed by atoms with Crippen molar-refractivity contribution in [2.24, 2.45) is 0 Å². The molecule has 0 spiro atoms. The molecule has 1 atom stereocenters. The van der Waals surface area contributed by atoms with Gasteiger partial charge in [0.1, 0.15) is 5.82 Å². The molecule has 216 valence electrons. The number of amides is 2. The number of nitrogens with zero attached hydrogens (tertiary/aromatic N) is 1. The molecular formula is C24H17F10N3O3. The summed E-state index contributed by atoms with van der Waals surface area (Å²) in [5.74, 6) is -3.30. The summed E-state index contributed by atoms with van der Waals surface area (Å²) in [5, 5.41) is 11.8. The Morgan fingerprint density at radius 3 is 1.95 bits per heavy atom. The molecular weight excluding hydrogens is 568 g/mol. The predicted molar refractivity (Wildman–Crippen MR) is 118 cm³/mol. The first kappa shape index (κ1) is 31.8. The predicted octanol–water partition coefficient (Wildman–Crippen LogP) is 6.48. The van der Waals surface area contributed by atoms with Crippen molar-refractivity contribution in [3.05, 3.63) is 101 Å². The standard InChI is InChI=1S/C22H16F7N3O.C2HF3O2/c23-16-4-1-3-13(11-16)12-31-20(33)32-18(14-6-8-15(9-7-14)21(24,25)26)19-17(22(27,28)29)5-2-10-30-19;3-2(4,5)1(6)7/h1-11,18H,12H2,(H2,31,32,33);(H,6,7)/t18-;/m0./s1. The van der Waals surface area contributed by atoms with Crippen molar-refractivity contribution in [3.8, 4) is 0 Å². The maximum atomic E-state index is 13.5. The molecule has 0 unspecified atom stereocenters. The number of urea groups is 1. The van der Waals surface area contributed by atoms with Crippen molar-refractivity contribution in [3.63, 3.8) is 0 Å². The van der Waals surface area contributed by atoms with E-state index in [1.807, 2.05) is 0 Å². The second-order valence-electron chi connectivity index (χ2n) is 7.75. The average Bonchev–Trinajstić information content (AvgIpc) is 2.85. The van der Waals surface area contributed by atoms with Crippen molar-refractivity contribution in [1.82, 2.24) is 15.6 Å². The lowest BCUT2D eigenvalue weighted by molar-refractivity contribution is -0.192. The van der Waals surface area contributed by atoms with E-state index in [1.165, 1.54) is 18.2 Å². The van der Waals surface area contributed by atoms with Gasteiger partial charge in [0.05, 0.1) is 22.9 Å². The Morgan fingerprint density at radius 1 is 0.850 bits per heavy atom. The van der Waals surface area contributed by atoms with Gasteiger partial charge in [-0.1, -0.05) is 24.3 Å². The largest absolute Gasteiger partial charge is 0.490 e. The highest BCUT2D eigenvalue weighted by Crippen LogP contribution is 2.36. The summed E-state index contributed by atoms with van der Waals surface area (Å²) >= 11 is 0. The molecule has 3 N–H and O–H groups in total. The molecule has 0 aliphatic rings. The van der Waals surface area contributed by atoms with Crippen LogP contribution in [-0.2, 0) is 23.7 Å². The van der Waals surface area contributed by atoms with Crippen molar-refractivity contribution in [2.45, 2.75) is 31.1 Å². The molecule has 1 heterocycles. The molecule has 2 amide bonds. The summed E-state index contributed by atoms with van der Waals surface area (Å²) in [4.78, 5) is 25.1. The third-order valence-corrected chi connectivity index (χ3v) is 4.85. The number of hydrogen-bond donors (Lipinski definition) is 3. The summed E-state index contributed by atoms with van der Waals surface area (Å²) in [6.45, 7) is -0.141. The van der Waals surface area contributed by atoms with Crippen molar-refractivity contribution >= 4 is 12.0 Å². The van der Waals surface area contributed by atoms with Crippen LogP contribution in [0.1, 0.15) is 34.0 Å². The Kier molecular flexibility index (Phi) is 10.1. The average molecular weight is 585 g/mol. The molecule has 1 aromatic heterocycles. The van der Waals surface area contributed by atoms with Crippen LogP contribution in [0.2, 0.25) is 0 Å². The van der Waals surface area contributed by atoms with Crippen LogP contribution in [0.25, 0.3) is 0 Å². The van der Waals surface area contributed by atoms with E-state index in [9.17, 15) is 48.7 Å². The maximum Gasteiger partial charge on any atom is 0.490 e. The highest BCUT2D eigenvalue weighted by molar-refractivity contribution is 5.75. The van der Waals surface area contributed by atoms with E-state index in [0.29, 0.717) is 17.7 Å². The van der Waals surface area contributed by atoms with E-state index < -0.39 is 59.2 Å². The summed E-state index contributed by atoms with van der Waals surface area (Å²) < 4.78 is 124. The molecule has 3 aromatic rings.